The summed E-state index contributed by atoms with van der Waals surface area (Å²) in [6.45, 7) is 0.644. The third-order valence-corrected chi connectivity index (χ3v) is 3.54. The molecule has 20 heavy (non-hydrogen) atoms. The predicted octanol–water partition coefficient (Wildman–Crippen LogP) is 1.97. The van der Waals surface area contributed by atoms with Crippen LogP contribution in [0.4, 0.5) is 4.39 Å². The summed E-state index contributed by atoms with van der Waals surface area (Å²) in [5.74, 6) is -0.254. The van der Waals surface area contributed by atoms with Crippen LogP contribution in [0.3, 0.4) is 0 Å². The Morgan fingerprint density at radius 2 is 2.10 bits per heavy atom. The van der Waals surface area contributed by atoms with E-state index in [4.69, 9.17) is 10.5 Å². The Labute approximate surface area is 124 Å². The van der Waals surface area contributed by atoms with Crippen LogP contribution < -0.4 is 10.5 Å². The summed E-state index contributed by atoms with van der Waals surface area (Å²) in [6, 6.07) is 6.21. The van der Waals surface area contributed by atoms with Crippen LogP contribution in [0.2, 0.25) is 0 Å². The molecule has 0 heterocycles. The van der Waals surface area contributed by atoms with Crippen LogP contribution in [-0.4, -0.2) is 36.5 Å². The first kappa shape index (κ1) is 16.7. The number of amides is 1. The van der Waals surface area contributed by atoms with Gasteiger partial charge in [-0.3, -0.25) is 4.79 Å². The van der Waals surface area contributed by atoms with Crippen molar-refractivity contribution in [2.75, 3.05) is 20.2 Å². The first-order chi connectivity index (χ1) is 9.03. The van der Waals surface area contributed by atoms with Gasteiger partial charge in [0.25, 0.3) is 0 Å². The minimum Gasteiger partial charge on any atom is -0.489 e. The van der Waals surface area contributed by atoms with Crippen molar-refractivity contribution in [3.05, 3.63) is 30.1 Å². The zero-order valence-electron chi connectivity index (χ0n) is 11.5. The van der Waals surface area contributed by atoms with E-state index in [1.807, 2.05) is 0 Å². The Morgan fingerprint density at radius 1 is 1.45 bits per heavy atom. The van der Waals surface area contributed by atoms with Gasteiger partial charge in [0.05, 0.1) is 12.1 Å². The number of carbonyl (C=O) groups is 1. The minimum atomic E-state index is -0.688. The van der Waals surface area contributed by atoms with E-state index in [0.29, 0.717) is 6.54 Å². The average Bonchev–Trinajstić information content (AvgIpc) is 2.37. The molecule has 2 rings (SSSR count). The molecule has 0 bridgehead atoms. The zero-order valence-corrected chi connectivity index (χ0v) is 12.3. The largest absolute Gasteiger partial charge is 0.489 e. The summed E-state index contributed by atoms with van der Waals surface area (Å²) in [7, 11) is 1.69. The molecule has 4 nitrogen and oxygen atoms in total. The molecule has 0 atom stereocenters. The molecule has 1 aromatic rings. The van der Waals surface area contributed by atoms with E-state index in [2.05, 4.69) is 0 Å². The summed E-state index contributed by atoms with van der Waals surface area (Å²) < 4.78 is 18.6. The SMILES string of the molecule is CN(CCOc1ccccc1F)C(=O)C1(N)CCC1.Cl. The number of hydrogen-bond acceptors (Lipinski definition) is 3. The number of nitrogens with two attached hydrogens (primary N) is 1. The Kier molecular flexibility index (Phi) is 5.77. The van der Waals surface area contributed by atoms with Crippen LogP contribution in [0.5, 0.6) is 5.75 Å². The number of rotatable bonds is 5. The lowest BCUT2D eigenvalue weighted by molar-refractivity contribution is -0.139. The van der Waals surface area contributed by atoms with Gasteiger partial charge in [0.15, 0.2) is 11.6 Å². The number of likely N-dealkylation sites (N-methyl/N-ethyl adjacent to an activating group) is 1. The molecule has 0 aliphatic heterocycles. The molecule has 0 unspecified atom stereocenters. The summed E-state index contributed by atoms with van der Waals surface area (Å²) in [4.78, 5) is 13.6. The standard InChI is InChI=1S/C14H19FN2O2.ClH/c1-17(13(18)14(16)7-4-8-14)9-10-19-12-6-3-2-5-11(12)15;/h2-3,5-6H,4,7-10,16H2,1H3;1H. The van der Waals surface area contributed by atoms with Gasteiger partial charge in [0.2, 0.25) is 5.91 Å². The highest BCUT2D eigenvalue weighted by molar-refractivity contribution is 5.86. The van der Waals surface area contributed by atoms with Gasteiger partial charge in [0, 0.05) is 7.05 Å². The molecule has 6 heteroatoms. The van der Waals surface area contributed by atoms with Crippen molar-refractivity contribution >= 4 is 18.3 Å². The lowest BCUT2D eigenvalue weighted by Gasteiger charge is -2.39. The maximum Gasteiger partial charge on any atom is 0.242 e. The second-order valence-corrected chi connectivity index (χ2v) is 5.02. The summed E-state index contributed by atoms with van der Waals surface area (Å²) >= 11 is 0. The quantitative estimate of drug-likeness (QED) is 0.904. The van der Waals surface area contributed by atoms with Gasteiger partial charge in [-0.25, -0.2) is 4.39 Å². The molecule has 2 N–H and O–H groups in total. The van der Waals surface area contributed by atoms with Gasteiger partial charge in [-0.2, -0.15) is 0 Å². The summed E-state index contributed by atoms with van der Waals surface area (Å²) in [5.41, 5.74) is 5.27. The van der Waals surface area contributed by atoms with Crippen molar-refractivity contribution in [2.45, 2.75) is 24.8 Å². The van der Waals surface area contributed by atoms with Gasteiger partial charge >= 0.3 is 0 Å². The molecule has 1 aliphatic rings. The van der Waals surface area contributed by atoms with Crippen LogP contribution in [0.1, 0.15) is 19.3 Å². The van der Waals surface area contributed by atoms with Crippen molar-refractivity contribution in [1.29, 1.82) is 0 Å². The lowest BCUT2D eigenvalue weighted by Crippen LogP contribution is -2.59. The second kappa shape index (κ2) is 6.90. The number of halogens is 2. The highest BCUT2D eigenvalue weighted by Crippen LogP contribution is 2.30. The molecule has 0 saturated heterocycles. The molecule has 0 aromatic heterocycles. The van der Waals surface area contributed by atoms with E-state index in [0.717, 1.165) is 19.3 Å². The molecule has 1 aliphatic carbocycles. The molecule has 112 valence electrons. The van der Waals surface area contributed by atoms with Crippen molar-refractivity contribution < 1.29 is 13.9 Å². The number of ether oxygens (including phenoxy) is 1. The number of para-hydroxylation sites is 1. The van der Waals surface area contributed by atoms with Crippen LogP contribution in [-0.2, 0) is 4.79 Å². The molecular formula is C14H20ClFN2O2. The van der Waals surface area contributed by atoms with Crippen LogP contribution >= 0.6 is 12.4 Å². The van der Waals surface area contributed by atoms with Crippen molar-refractivity contribution in [3.63, 3.8) is 0 Å². The third kappa shape index (κ3) is 3.61. The molecule has 1 saturated carbocycles. The van der Waals surface area contributed by atoms with Gasteiger partial charge < -0.3 is 15.4 Å². The predicted molar refractivity (Wildman–Crippen MR) is 77.5 cm³/mol. The molecule has 0 radical (unpaired) electrons. The normalized spacial score (nSPS) is 15.8. The highest BCUT2D eigenvalue weighted by Gasteiger charge is 2.41. The summed E-state index contributed by atoms with van der Waals surface area (Å²) in [6.07, 6.45) is 2.48. The molecular weight excluding hydrogens is 283 g/mol. The second-order valence-electron chi connectivity index (χ2n) is 5.02. The molecule has 1 aromatic carbocycles. The van der Waals surface area contributed by atoms with E-state index < -0.39 is 11.4 Å². The van der Waals surface area contributed by atoms with E-state index in [-0.39, 0.29) is 30.7 Å². The minimum absolute atomic E-state index is 0. The van der Waals surface area contributed by atoms with Crippen LogP contribution in [0.15, 0.2) is 24.3 Å². The van der Waals surface area contributed by atoms with Gasteiger partial charge in [-0.1, -0.05) is 12.1 Å². The topological polar surface area (TPSA) is 55.6 Å². The van der Waals surface area contributed by atoms with Crippen LogP contribution in [0, 0.1) is 5.82 Å². The average molecular weight is 303 g/mol. The zero-order chi connectivity index (χ0) is 13.9. The fraction of sp³-hybridized carbons (Fsp3) is 0.500. The smallest absolute Gasteiger partial charge is 0.242 e. The maximum atomic E-state index is 13.3. The Morgan fingerprint density at radius 3 is 2.65 bits per heavy atom. The number of hydrogen-bond donors (Lipinski definition) is 1. The highest BCUT2D eigenvalue weighted by atomic mass is 35.5. The number of carbonyl (C=O) groups excluding carboxylic acids is 1. The van der Waals surface area contributed by atoms with E-state index >= 15 is 0 Å². The van der Waals surface area contributed by atoms with E-state index in [1.54, 1.807) is 30.1 Å². The first-order valence-corrected chi connectivity index (χ1v) is 6.45. The fourth-order valence-electron chi connectivity index (χ4n) is 2.11. The third-order valence-electron chi connectivity index (χ3n) is 3.54. The van der Waals surface area contributed by atoms with Gasteiger partial charge in [0.1, 0.15) is 6.61 Å². The lowest BCUT2D eigenvalue weighted by atomic mass is 9.77. The monoisotopic (exact) mass is 302 g/mol. The van der Waals surface area contributed by atoms with Crippen molar-refractivity contribution in [1.82, 2.24) is 4.90 Å². The van der Waals surface area contributed by atoms with Crippen LogP contribution in [0.25, 0.3) is 0 Å². The van der Waals surface area contributed by atoms with Crippen molar-refractivity contribution in [3.8, 4) is 5.75 Å². The Balaban J connectivity index is 0.00000200. The van der Waals surface area contributed by atoms with E-state index in [1.165, 1.54) is 6.07 Å². The van der Waals surface area contributed by atoms with Gasteiger partial charge in [-0.15, -0.1) is 12.4 Å². The number of nitrogens with zero attached hydrogens (tertiary/aromatic N) is 1. The molecule has 1 fully saturated rings. The fourth-order valence-corrected chi connectivity index (χ4v) is 2.11. The van der Waals surface area contributed by atoms with E-state index in [9.17, 15) is 9.18 Å². The maximum absolute atomic E-state index is 13.3. The molecule has 1 amide bonds. The number of benzene rings is 1. The van der Waals surface area contributed by atoms with Crippen molar-refractivity contribution in [2.24, 2.45) is 5.73 Å². The summed E-state index contributed by atoms with van der Waals surface area (Å²) in [5, 5.41) is 0. The Bertz CT molecular complexity index is 466. The van der Waals surface area contributed by atoms with Gasteiger partial charge in [-0.05, 0) is 31.4 Å². The first-order valence-electron chi connectivity index (χ1n) is 6.45. The molecule has 0 spiro atoms. The Hall–Kier alpha value is -1.33.